The van der Waals surface area contributed by atoms with Gasteiger partial charge in [-0.2, -0.15) is 0 Å². The first-order valence-corrected chi connectivity index (χ1v) is 30.1. The molecule has 10 atom stereocenters. The number of aliphatic hydroxyl groups is 4. The third-order valence-electron chi connectivity index (χ3n) is 14.4. The van der Waals surface area contributed by atoms with Gasteiger partial charge in [-0.15, -0.1) is 10.2 Å². The number of fused-ring (bicyclic) bond motifs is 4. The van der Waals surface area contributed by atoms with Crippen molar-refractivity contribution >= 4 is 17.8 Å². The van der Waals surface area contributed by atoms with Crippen LogP contribution < -0.4 is 21.5 Å². The minimum atomic E-state index is -1.07. The number of aliphatic carboxylic acids is 1. The van der Waals surface area contributed by atoms with Gasteiger partial charge in [-0.3, -0.25) is 9.59 Å². The van der Waals surface area contributed by atoms with Crippen LogP contribution in [0, 0.1) is 11.8 Å². The molecular weight excluding hydrogens is 1320 g/mol. The van der Waals surface area contributed by atoms with Gasteiger partial charge in [-0.25, -0.2) is 9.36 Å². The summed E-state index contributed by atoms with van der Waals surface area (Å²) < 4.78 is 81.5. The molecule has 33 heteroatoms. The van der Waals surface area contributed by atoms with Gasteiger partial charge in [0.1, 0.15) is 34.8 Å². The number of hydrogen-bond acceptors (Lipinski definition) is 26. The Kier molecular flexibility index (Phi) is 43.0. The molecule has 6 rings (SSSR count). The number of nitrogens with one attached hydrogen (secondary N) is 2. The molecule has 0 aromatic carbocycles. The van der Waals surface area contributed by atoms with Crippen molar-refractivity contribution in [3.8, 4) is 0 Å². The summed E-state index contributed by atoms with van der Waals surface area (Å²) in [5.74, 6) is -1.69. The van der Waals surface area contributed by atoms with Crippen LogP contribution in [0.25, 0.3) is 0 Å². The summed E-state index contributed by atoms with van der Waals surface area (Å²) in [4.78, 5) is 33.8. The van der Waals surface area contributed by atoms with Crippen molar-refractivity contribution in [2.24, 2.45) is 11.8 Å². The second kappa shape index (κ2) is 47.1. The Bertz CT molecular complexity index is 2150. The largest absolute Gasteiger partial charge is 0.550 e. The summed E-state index contributed by atoms with van der Waals surface area (Å²) in [5, 5.41) is 73.4. The van der Waals surface area contributed by atoms with Gasteiger partial charge in [0.2, 0.25) is 11.8 Å². The Morgan fingerprint density at radius 1 is 0.545 bits per heavy atom. The average molecular weight is 1410 g/mol. The summed E-state index contributed by atoms with van der Waals surface area (Å²) in [5.41, 5.74) is 3.12. The molecule has 4 bridgehead atoms. The number of hydrogen-bond donors (Lipinski definition) is 7. The van der Waals surface area contributed by atoms with Crippen molar-refractivity contribution in [3.63, 3.8) is 0 Å². The second-order valence-electron chi connectivity index (χ2n) is 21.4. The van der Waals surface area contributed by atoms with E-state index in [-0.39, 0.29) is 129 Å². The first kappa shape index (κ1) is 80.4. The molecule has 4 saturated heterocycles. The number of unbranched alkanes of at least 4 members (excludes halogenated alkanes) is 4. The van der Waals surface area contributed by atoms with Crippen LogP contribution in [-0.4, -0.2) is 268 Å². The predicted octanol–water partition coefficient (Wildman–Crippen LogP) is -3.58. The third-order valence-corrected chi connectivity index (χ3v) is 14.4. The molecule has 9 N–H and O–H groups in total. The maximum Gasteiger partial charge on any atom is 0.220 e. The third kappa shape index (κ3) is 30.5. The first-order chi connectivity index (χ1) is 41.8. The number of nitrogens with zero attached hydrogens (tertiary/aromatic N) is 6. The molecule has 2 aromatic heterocycles. The van der Waals surface area contributed by atoms with E-state index in [2.05, 4.69) is 37.0 Å². The smallest absolute Gasteiger partial charge is 0.220 e. The summed E-state index contributed by atoms with van der Waals surface area (Å²) in [7, 11) is 0. The van der Waals surface area contributed by atoms with Crippen LogP contribution >= 0.6 is 0 Å². The van der Waals surface area contributed by atoms with Gasteiger partial charge >= 0.3 is 0 Å². The van der Waals surface area contributed by atoms with Gasteiger partial charge in [-0.1, -0.05) is 30.7 Å². The molecule has 0 unspecified atom stereocenters. The first-order valence-electron chi connectivity index (χ1n) is 30.1. The van der Waals surface area contributed by atoms with Crippen LogP contribution in [0.2, 0.25) is 0 Å². The van der Waals surface area contributed by atoms with Crippen molar-refractivity contribution in [3.05, 3.63) is 23.8 Å². The zero-order chi connectivity index (χ0) is 61.7. The van der Waals surface area contributed by atoms with E-state index in [1.54, 1.807) is 29.4 Å². The Hall–Kier alpha value is -1.86. The van der Waals surface area contributed by atoms with Crippen LogP contribution in [0.5, 0.6) is 0 Å². The van der Waals surface area contributed by atoms with Crippen LogP contribution in [-0.2, 0) is 172 Å². The molecule has 4 aliphatic heterocycles. The number of quaternary nitrogens is 1. The fourth-order valence-electron chi connectivity index (χ4n) is 9.29. The monoisotopic (exact) mass is 1410 g/mol. The topological polar surface area (TPSA) is 398 Å². The van der Waals surface area contributed by atoms with E-state index in [4.69, 9.17) is 66.3 Å². The number of ether oxygens (including phenoxy) is 14. The number of carboxylic acids is 1. The Labute approximate surface area is 565 Å². The summed E-state index contributed by atoms with van der Waals surface area (Å²) >= 11 is 0. The zero-order valence-electron chi connectivity index (χ0n) is 51.4. The van der Waals surface area contributed by atoms with Gasteiger partial charge < -0.3 is 113 Å². The van der Waals surface area contributed by atoms with E-state index < -0.39 is 54.2 Å². The Balaban J connectivity index is 0.000000450. The standard InChI is InChI=1S/C28H48N4O12.C27H49N5O10.2Y/c1-21-25(36)26(37)28(20-43-27(21)44-28)19-42-16-15-40-14-13-39-12-11-38-10-8-32-17-22(30-31-32)18-41-9-7-29-23(33)5-3-2-4-6-24(34)35;1-21-24(34)25(35)27(20-41-26(21)42-27)19-40-16-15-38-14-13-37-12-11-36-10-8-32-17-22(30-31-32)18-39-9-7-29-23(33)5-3-2-4-6-28;;/h17,21,25-27,36-37H,2-16,18-20H2,1H3,(H,29,33)(H,34,35);17,21,24-26,34-35H,2-16,18-20,28H2,1H3,(H,29,33);;/t21-,25-,26-,27+,28+;21-,24-,25-,26+,27+;;/m11../s1. The molecule has 4 fully saturated rings. The number of aliphatic hydroxyl groups excluding tert-OH is 4. The van der Waals surface area contributed by atoms with Crippen LogP contribution in [0.1, 0.15) is 83.0 Å². The summed E-state index contributed by atoms with van der Waals surface area (Å²) in [6.45, 7) is 14.1. The predicted molar refractivity (Wildman–Crippen MR) is 296 cm³/mol. The normalized spacial score (nSPS) is 24.3. The van der Waals surface area contributed by atoms with E-state index in [0.717, 1.165) is 31.5 Å². The average Bonchev–Trinajstić information content (AvgIpc) is 1.87. The molecule has 2 radical (unpaired) electrons. The quantitative estimate of drug-likeness (QED) is 0.0315. The van der Waals surface area contributed by atoms with E-state index in [1.165, 1.54) is 0 Å². The van der Waals surface area contributed by atoms with Crippen molar-refractivity contribution in [1.29, 1.82) is 0 Å². The van der Waals surface area contributed by atoms with E-state index >= 15 is 0 Å². The van der Waals surface area contributed by atoms with E-state index in [9.17, 15) is 39.9 Å². The van der Waals surface area contributed by atoms with Crippen molar-refractivity contribution < 1.29 is 177 Å². The Morgan fingerprint density at radius 2 is 0.909 bits per heavy atom. The van der Waals surface area contributed by atoms with Gasteiger partial charge in [0, 0.05) is 109 Å². The fourth-order valence-corrected chi connectivity index (χ4v) is 9.29. The van der Waals surface area contributed by atoms with Crippen LogP contribution in [0.15, 0.2) is 12.4 Å². The SMILES string of the molecule is C[C@H]1[C@H]2OC[C@](COCCOCCOCCOCCn3cc(COCCNC(=O)CCCCCC(=O)[O-])nn3)(O2)[C@H](O)[C@@H]1O.C[C@H]1[C@H]2OC[C@](COCCOCCOCCOCCn3cc(COCCNC(=O)CCCCC[NH3+])nn3)(O2)[C@H](O)[C@@H]1O.[Y].[Y]. The molecule has 2 aromatic rings. The number of aromatic nitrogens is 6. The number of rotatable bonds is 49. The van der Waals surface area contributed by atoms with E-state index in [1.807, 2.05) is 6.20 Å². The number of carbonyl (C=O) groups is 3. The fraction of sp³-hybridized carbons (Fsp3) is 0.873. The molecule has 31 nitrogen and oxygen atoms in total. The molecule has 2 amide bonds. The van der Waals surface area contributed by atoms with Gasteiger partial charge in [0.15, 0.2) is 12.6 Å². The summed E-state index contributed by atoms with van der Waals surface area (Å²) in [6, 6.07) is 0. The minimum Gasteiger partial charge on any atom is -0.550 e. The molecule has 0 spiro atoms. The number of carboxylic acid groups (broad SMARTS) is 1. The van der Waals surface area contributed by atoms with E-state index in [0.29, 0.717) is 176 Å². The van der Waals surface area contributed by atoms with Crippen molar-refractivity contribution in [1.82, 2.24) is 40.6 Å². The van der Waals surface area contributed by atoms with Crippen molar-refractivity contribution in [2.75, 3.05) is 152 Å². The van der Waals surface area contributed by atoms with Crippen LogP contribution in [0.4, 0.5) is 0 Å². The molecule has 500 valence electrons. The van der Waals surface area contributed by atoms with Gasteiger partial charge in [0.05, 0.1) is 190 Å². The molecule has 6 heterocycles. The van der Waals surface area contributed by atoms with Gasteiger partial charge in [-0.05, 0) is 38.5 Å². The molecule has 4 aliphatic rings. The maximum atomic E-state index is 11.7. The van der Waals surface area contributed by atoms with Crippen molar-refractivity contribution in [2.45, 2.75) is 146 Å². The minimum absolute atomic E-state index is 0. The molecule has 0 saturated carbocycles. The number of amides is 2. The Morgan fingerprint density at radius 3 is 1.30 bits per heavy atom. The van der Waals surface area contributed by atoms with Gasteiger partial charge in [0.25, 0.3) is 0 Å². The summed E-state index contributed by atoms with van der Waals surface area (Å²) in [6.07, 6.45) is 4.33. The van der Waals surface area contributed by atoms with Crippen LogP contribution in [0.3, 0.4) is 0 Å². The molecular formula is C55H97N9O22Y2. The molecule has 88 heavy (non-hydrogen) atoms. The second-order valence-corrected chi connectivity index (χ2v) is 21.4. The molecule has 0 aliphatic carbocycles. The zero-order valence-corrected chi connectivity index (χ0v) is 57.1. The number of carbonyl (C=O) groups excluding carboxylic acids is 3. The maximum absolute atomic E-state index is 11.7.